The number of unbranched alkanes of at least 4 members (excludes halogenated alkanes) is 18. The molecular formula is C36H88N4. The third-order valence-corrected chi connectivity index (χ3v) is 6.14. The van der Waals surface area contributed by atoms with Gasteiger partial charge in [0.15, 0.2) is 0 Å². The lowest BCUT2D eigenvalue weighted by Crippen LogP contribution is -2.00. The molecule has 0 amide bonds. The Labute approximate surface area is 258 Å². The highest BCUT2D eigenvalue weighted by atomic mass is 14.5. The van der Waals surface area contributed by atoms with E-state index in [1.54, 1.807) is 0 Å². The Morgan fingerprint density at radius 3 is 0.400 bits per heavy atom. The van der Waals surface area contributed by atoms with E-state index in [0.29, 0.717) is 0 Å². The van der Waals surface area contributed by atoms with Gasteiger partial charge in [-0.2, -0.15) is 0 Å². The van der Waals surface area contributed by atoms with Crippen molar-refractivity contribution in [2.45, 2.75) is 209 Å². The van der Waals surface area contributed by atoms with Gasteiger partial charge >= 0.3 is 0 Å². The predicted molar refractivity (Wildman–Crippen MR) is 192 cm³/mol. The van der Waals surface area contributed by atoms with Gasteiger partial charge in [-0.3, -0.25) is 0 Å². The van der Waals surface area contributed by atoms with Crippen LogP contribution in [0.4, 0.5) is 0 Å². The van der Waals surface area contributed by atoms with E-state index in [9.17, 15) is 0 Å². The van der Waals surface area contributed by atoms with Crippen LogP contribution < -0.4 is 22.9 Å². The van der Waals surface area contributed by atoms with E-state index in [1.807, 2.05) is 0 Å². The van der Waals surface area contributed by atoms with Gasteiger partial charge in [0.25, 0.3) is 0 Å². The van der Waals surface area contributed by atoms with Gasteiger partial charge in [-0.1, -0.05) is 184 Å². The summed E-state index contributed by atoms with van der Waals surface area (Å²) in [4.78, 5) is 0. The zero-order chi connectivity index (χ0) is 31.8. The Kier molecular flexibility index (Phi) is 94.1. The quantitative estimate of drug-likeness (QED) is 0.0962. The molecule has 0 saturated heterocycles. The molecular weight excluding hydrogens is 488 g/mol. The third kappa shape index (κ3) is 108. The summed E-state index contributed by atoms with van der Waals surface area (Å²) in [5.74, 6) is 0. The SMILES string of the molecule is CCCCCC.CCCCCC.CCCCCC.CCCCCC.NCCCCCCN.NCCCCCCN. The zero-order valence-corrected chi connectivity index (χ0v) is 30.1. The molecule has 0 aromatic rings. The molecule has 8 N–H and O–H groups in total. The normalized spacial score (nSPS) is 9.30. The highest BCUT2D eigenvalue weighted by Crippen LogP contribution is 1.98. The monoisotopic (exact) mass is 577 g/mol. The lowest BCUT2D eigenvalue weighted by molar-refractivity contribution is 0.653. The standard InChI is InChI=1S/2C6H16N2.4C6H14/c2*7-5-3-1-2-4-6-8;4*1-3-5-6-4-2/h2*1-8H2;4*3-6H2,1-2H3. The lowest BCUT2D eigenvalue weighted by atomic mass is 10.2. The molecule has 0 aromatic carbocycles. The molecule has 0 aliphatic carbocycles. The van der Waals surface area contributed by atoms with Crippen molar-refractivity contribution < 1.29 is 0 Å². The van der Waals surface area contributed by atoms with E-state index >= 15 is 0 Å². The van der Waals surface area contributed by atoms with Crippen LogP contribution in [0.5, 0.6) is 0 Å². The van der Waals surface area contributed by atoms with Crippen LogP contribution in [0.2, 0.25) is 0 Å². The third-order valence-electron chi connectivity index (χ3n) is 6.14. The first-order chi connectivity index (χ1) is 19.5. The van der Waals surface area contributed by atoms with Crippen LogP contribution in [0.3, 0.4) is 0 Å². The maximum Gasteiger partial charge on any atom is -0.00773 e. The second-order valence-electron chi connectivity index (χ2n) is 10.8. The molecule has 40 heavy (non-hydrogen) atoms. The number of rotatable bonds is 22. The maximum absolute atomic E-state index is 5.28. The van der Waals surface area contributed by atoms with Crippen molar-refractivity contribution in [3.05, 3.63) is 0 Å². The first-order valence-electron chi connectivity index (χ1n) is 18.3. The largest absolute Gasteiger partial charge is 0.330 e. The zero-order valence-electron chi connectivity index (χ0n) is 30.1. The van der Waals surface area contributed by atoms with Gasteiger partial charge in [-0.05, 0) is 51.9 Å². The molecule has 0 aromatic heterocycles. The molecule has 0 bridgehead atoms. The Bertz CT molecular complexity index is 216. The molecule has 0 radical (unpaired) electrons. The molecule has 0 aliphatic rings. The summed E-state index contributed by atoms with van der Waals surface area (Å²) in [6.07, 6.45) is 31.7. The van der Waals surface area contributed by atoms with Gasteiger partial charge in [0.05, 0.1) is 0 Å². The highest BCUT2D eigenvalue weighted by Gasteiger charge is 1.84. The Morgan fingerprint density at radius 1 is 0.200 bits per heavy atom. The van der Waals surface area contributed by atoms with Crippen LogP contribution >= 0.6 is 0 Å². The van der Waals surface area contributed by atoms with Crippen LogP contribution in [0, 0.1) is 0 Å². The van der Waals surface area contributed by atoms with Gasteiger partial charge in [0.2, 0.25) is 0 Å². The summed E-state index contributed by atoms with van der Waals surface area (Å²) in [5.41, 5.74) is 21.1. The van der Waals surface area contributed by atoms with Gasteiger partial charge in [0, 0.05) is 0 Å². The molecule has 4 nitrogen and oxygen atoms in total. The topological polar surface area (TPSA) is 104 Å². The highest BCUT2D eigenvalue weighted by molar-refractivity contribution is 4.44. The summed E-state index contributed by atoms with van der Waals surface area (Å²) in [6, 6.07) is 0. The number of hydrogen-bond acceptors (Lipinski definition) is 4. The van der Waals surface area contributed by atoms with Crippen molar-refractivity contribution in [3.8, 4) is 0 Å². The molecule has 252 valence electrons. The minimum Gasteiger partial charge on any atom is -0.330 e. The molecule has 0 heterocycles. The van der Waals surface area contributed by atoms with E-state index in [1.165, 1.54) is 128 Å². The van der Waals surface area contributed by atoms with E-state index < -0.39 is 0 Å². The maximum atomic E-state index is 5.28. The molecule has 0 spiro atoms. The Morgan fingerprint density at radius 2 is 0.325 bits per heavy atom. The van der Waals surface area contributed by atoms with E-state index in [2.05, 4.69) is 55.4 Å². The van der Waals surface area contributed by atoms with Crippen molar-refractivity contribution in [2.24, 2.45) is 22.9 Å². The van der Waals surface area contributed by atoms with E-state index in [4.69, 9.17) is 22.9 Å². The Hall–Kier alpha value is -0.160. The fourth-order valence-corrected chi connectivity index (χ4v) is 3.28. The van der Waals surface area contributed by atoms with Gasteiger partial charge in [0.1, 0.15) is 0 Å². The smallest absolute Gasteiger partial charge is 0.00773 e. The second kappa shape index (κ2) is 71.8. The Balaban J connectivity index is -0.0000000872. The molecule has 0 unspecified atom stereocenters. The lowest BCUT2D eigenvalue weighted by Gasteiger charge is -1.94. The van der Waals surface area contributed by atoms with Crippen molar-refractivity contribution in [1.29, 1.82) is 0 Å². The second-order valence-corrected chi connectivity index (χ2v) is 10.8. The summed E-state index contributed by atoms with van der Waals surface area (Å²) < 4.78 is 0. The molecule has 0 atom stereocenters. The van der Waals surface area contributed by atoms with E-state index in [0.717, 1.165) is 51.9 Å². The summed E-state index contributed by atoms with van der Waals surface area (Å²) in [5, 5.41) is 0. The van der Waals surface area contributed by atoms with Gasteiger partial charge < -0.3 is 22.9 Å². The van der Waals surface area contributed by atoms with Crippen molar-refractivity contribution in [3.63, 3.8) is 0 Å². The first-order valence-corrected chi connectivity index (χ1v) is 18.3. The van der Waals surface area contributed by atoms with Gasteiger partial charge in [-0.25, -0.2) is 0 Å². The fourth-order valence-electron chi connectivity index (χ4n) is 3.28. The van der Waals surface area contributed by atoms with E-state index in [-0.39, 0.29) is 0 Å². The van der Waals surface area contributed by atoms with Crippen LogP contribution in [0.25, 0.3) is 0 Å². The molecule has 0 aliphatic heterocycles. The average molecular weight is 577 g/mol. The summed E-state index contributed by atoms with van der Waals surface area (Å²) in [7, 11) is 0. The van der Waals surface area contributed by atoms with Crippen LogP contribution in [-0.4, -0.2) is 26.2 Å². The first kappa shape index (κ1) is 52.5. The molecule has 0 fully saturated rings. The minimum atomic E-state index is 0.824. The minimum absolute atomic E-state index is 0.824. The molecule has 0 rings (SSSR count). The number of nitrogens with two attached hydrogens (primary N) is 4. The predicted octanol–water partition coefficient (Wildman–Crippen LogP) is 11.3. The molecule has 0 saturated carbocycles. The van der Waals surface area contributed by atoms with Gasteiger partial charge in [-0.15, -0.1) is 0 Å². The van der Waals surface area contributed by atoms with Crippen molar-refractivity contribution in [2.75, 3.05) is 26.2 Å². The summed E-state index contributed by atoms with van der Waals surface area (Å²) in [6.45, 7) is 21.2. The average Bonchev–Trinajstić information content (AvgIpc) is 2.99. The molecule has 4 heteroatoms. The fraction of sp³-hybridized carbons (Fsp3) is 1.00. The van der Waals surface area contributed by atoms with Crippen molar-refractivity contribution >= 4 is 0 Å². The van der Waals surface area contributed by atoms with Crippen LogP contribution in [0.15, 0.2) is 0 Å². The number of hydrogen-bond donors (Lipinski definition) is 4. The van der Waals surface area contributed by atoms with Crippen LogP contribution in [0.1, 0.15) is 209 Å². The summed E-state index contributed by atoms with van der Waals surface area (Å²) >= 11 is 0. The van der Waals surface area contributed by atoms with Crippen LogP contribution in [-0.2, 0) is 0 Å². The van der Waals surface area contributed by atoms with Crippen molar-refractivity contribution in [1.82, 2.24) is 0 Å².